The predicted octanol–water partition coefficient (Wildman–Crippen LogP) is 5.50. The van der Waals surface area contributed by atoms with Crippen LogP contribution >= 0.6 is 0 Å². The van der Waals surface area contributed by atoms with Crippen molar-refractivity contribution < 1.29 is 4.74 Å². The maximum Gasteiger partial charge on any atom is 0.246 e. The summed E-state index contributed by atoms with van der Waals surface area (Å²) in [5, 5.41) is 0. The maximum absolute atomic E-state index is 6.05. The number of nitrogen functional groups attached to an aromatic ring is 1. The normalized spacial score (nSPS) is 20.9. The average molecular weight is 436 g/mol. The number of nitrogens with two attached hydrogens (primary N) is 1. The first-order valence-corrected chi connectivity index (χ1v) is 12.1. The number of hydrogen-bond acceptors (Lipinski definition) is 6. The smallest absolute Gasteiger partial charge is 0.246 e. The highest BCUT2D eigenvalue weighted by Gasteiger charge is 2.35. The zero-order valence-electron chi connectivity index (χ0n) is 19.8. The monoisotopic (exact) mass is 435 g/mol. The van der Waals surface area contributed by atoms with Gasteiger partial charge in [0, 0.05) is 5.56 Å². The van der Waals surface area contributed by atoms with Gasteiger partial charge in [0.15, 0.2) is 11.5 Å². The van der Waals surface area contributed by atoms with E-state index in [0.717, 1.165) is 11.3 Å². The summed E-state index contributed by atoms with van der Waals surface area (Å²) < 4.78 is 6.05. The number of likely N-dealkylation sites (tertiary alicyclic amines) is 1. The number of ether oxygens (including phenoxy) is 1. The molecule has 1 saturated carbocycles. The van der Waals surface area contributed by atoms with Gasteiger partial charge < -0.3 is 15.4 Å². The minimum absolute atomic E-state index is 0.344. The summed E-state index contributed by atoms with van der Waals surface area (Å²) in [6.45, 7) is 6.64. The lowest BCUT2D eigenvalue weighted by molar-refractivity contribution is 0.171. The molecule has 3 heterocycles. The van der Waals surface area contributed by atoms with Gasteiger partial charge in [-0.2, -0.15) is 4.98 Å². The minimum Gasteiger partial charge on any atom is -0.463 e. The average Bonchev–Trinajstić information content (AvgIpc) is 2.80. The van der Waals surface area contributed by atoms with Crippen molar-refractivity contribution in [2.45, 2.75) is 76.7 Å². The first-order valence-electron chi connectivity index (χ1n) is 12.1. The standard InChI is InChI=1S/C20H24N4O.C6H13N/c1-20(2)17(24-16-18(21)22-12-23-19(16)25-20)15-10-8-14(9-11-15)13-6-4-3-5-7-13;1-7-5-3-2-4-6-7/h8-13H,3-7H2,1-2H3,(H2,21,22,23);2-6H2,1H3. The van der Waals surface area contributed by atoms with E-state index in [0.29, 0.717) is 23.3 Å². The van der Waals surface area contributed by atoms with E-state index in [1.165, 1.54) is 76.3 Å². The van der Waals surface area contributed by atoms with Gasteiger partial charge in [0.25, 0.3) is 0 Å². The predicted molar refractivity (Wildman–Crippen MR) is 131 cm³/mol. The van der Waals surface area contributed by atoms with Crippen LogP contribution in [0.2, 0.25) is 0 Å². The largest absolute Gasteiger partial charge is 0.463 e. The summed E-state index contributed by atoms with van der Waals surface area (Å²) in [5.74, 6) is 1.49. The molecule has 2 aromatic rings. The number of piperidine rings is 1. The van der Waals surface area contributed by atoms with Crippen LogP contribution in [0.1, 0.15) is 82.3 Å². The Balaban J connectivity index is 0.000000300. The van der Waals surface area contributed by atoms with Gasteiger partial charge in [-0.25, -0.2) is 9.98 Å². The van der Waals surface area contributed by atoms with Crippen molar-refractivity contribution in [3.8, 4) is 5.88 Å². The van der Waals surface area contributed by atoms with Gasteiger partial charge in [0.05, 0.1) is 5.71 Å². The Morgan fingerprint density at radius 3 is 2.22 bits per heavy atom. The van der Waals surface area contributed by atoms with E-state index in [9.17, 15) is 0 Å². The molecule has 1 aliphatic carbocycles. The molecule has 2 aliphatic heterocycles. The highest BCUT2D eigenvalue weighted by Crippen LogP contribution is 2.39. The molecule has 0 radical (unpaired) electrons. The lowest BCUT2D eigenvalue weighted by Crippen LogP contribution is -2.41. The molecule has 1 aromatic carbocycles. The van der Waals surface area contributed by atoms with Crippen molar-refractivity contribution in [2.75, 3.05) is 25.9 Å². The van der Waals surface area contributed by atoms with Crippen LogP contribution in [0.15, 0.2) is 35.6 Å². The number of fused-ring (bicyclic) bond motifs is 1. The molecule has 0 amide bonds. The lowest BCUT2D eigenvalue weighted by Gasteiger charge is -2.32. The summed E-state index contributed by atoms with van der Waals surface area (Å²) in [5.41, 5.74) is 9.25. The lowest BCUT2D eigenvalue weighted by atomic mass is 9.83. The molecule has 0 unspecified atom stereocenters. The highest BCUT2D eigenvalue weighted by molar-refractivity contribution is 6.09. The van der Waals surface area contributed by atoms with Crippen LogP contribution in [-0.4, -0.2) is 46.3 Å². The molecule has 5 rings (SSSR count). The molecule has 32 heavy (non-hydrogen) atoms. The fraction of sp³-hybridized carbons (Fsp3) is 0.577. The third kappa shape index (κ3) is 5.29. The van der Waals surface area contributed by atoms with E-state index in [4.69, 9.17) is 15.5 Å². The summed E-state index contributed by atoms with van der Waals surface area (Å²) in [4.78, 5) is 15.3. The van der Waals surface area contributed by atoms with E-state index in [1.807, 2.05) is 13.8 Å². The second-order valence-electron chi connectivity index (χ2n) is 9.81. The second-order valence-corrected chi connectivity index (χ2v) is 9.81. The Bertz CT molecular complexity index is 926. The SMILES string of the molecule is CC1(C)Oc2ncnc(N)c2N=C1c1ccc(C2CCCCC2)cc1.CN1CCCCC1. The summed E-state index contributed by atoms with van der Waals surface area (Å²) in [6.07, 6.45) is 12.3. The number of nitrogens with zero attached hydrogens (tertiary/aromatic N) is 4. The van der Waals surface area contributed by atoms with Crippen molar-refractivity contribution >= 4 is 17.2 Å². The second kappa shape index (κ2) is 9.99. The molecule has 6 heteroatoms. The Kier molecular flexibility index (Phi) is 7.09. The fourth-order valence-corrected chi connectivity index (χ4v) is 4.90. The van der Waals surface area contributed by atoms with Gasteiger partial charge in [0.2, 0.25) is 5.88 Å². The van der Waals surface area contributed by atoms with Crippen LogP contribution in [0, 0.1) is 0 Å². The molecule has 3 aliphatic rings. The molecular weight excluding hydrogens is 398 g/mol. The maximum atomic E-state index is 6.05. The molecule has 1 saturated heterocycles. The Labute approximate surface area is 192 Å². The van der Waals surface area contributed by atoms with E-state index >= 15 is 0 Å². The van der Waals surface area contributed by atoms with Crippen LogP contribution in [-0.2, 0) is 0 Å². The van der Waals surface area contributed by atoms with E-state index in [-0.39, 0.29) is 0 Å². The Morgan fingerprint density at radius 1 is 0.938 bits per heavy atom. The molecule has 0 bridgehead atoms. The molecule has 2 fully saturated rings. The summed E-state index contributed by atoms with van der Waals surface area (Å²) in [6, 6.07) is 8.78. The number of aromatic nitrogens is 2. The van der Waals surface area contributed by atoms with E-state index in [1.54, 1.807) is 0 Å². The van der Waals surface area contributed by atoms with Gasteiger partial charge in [-0.3, -0.25) is 0 Å². The number of hydrogen-bond donors (Lipinski definition) is 1. The van der Waals surface area contributed by atoms with Crippen molar-refractivity contribution in [2.24, 2.45) is 4.99 Å². The number of anilines is 1. The molecule has 172 valence electrons. The number of aliphatic imine (C=N–C) groups is 1. The fourth-order valence-electron chi connectivity index (χ4n) is 4.90. The number of rotatable bonds is 2. The van der Waals surface area contributed by atoms with Crippen molar-refractivity contribution in [1.82, 2.24) is 14.9 Å². The number of benzene rings is 1. The van der Waals surface area contributed by atoms with Gasteiger partial charge in [-0.15, -0.1) is 0 Å². The van der Waals surface area contributed by atoms with Crippen molar-refractivity contribution in [3.05, 3.63) is 41.7 Å². The molecule has 2 N–H and O–H groups in total. The first kappa shape index (κ1) is 22.7. The zero-order valence-corrected chi connectivity index (χ0v) is 19.8. The Morgan fingerprint density at radius 2 is 1.59 bits per heavy atom. The molecule has 0 spiro atoms. The van der Waals surface area contributed by atoms with Crippen LogP contribution in [0.5, 0.6) is 5.88 Å². The Hall–Kier alpha value is -2.47. The third-order valence-electron chi connectivity index (χ3n) is 6.80. The van der Waals surface area contributed by atoms with E-state index < -0.39 is 5.60 Å². The summed E-state index contributed by atoms with van der Waals surface area (Å²) in [7, 11) is 2.19. The molecule has 0 atom stereocenters. The highest BCUT2D eigenvalue weighted by atomic mass is 16.5. The van der Waals surface area contributed by atoms with Crippen molar-refractivity contribution in [1.29, 1.82) is 0 Å². The topological polar surface area (TPSA) is 76.6 Å². The van der Waals surface area contributed by atoms with E-state index in [2.05, 4.69) is 46.2 Å². The van der Waals surface area contributed by atoms with Crippen LogP contribution in [0.3, 0.4) is 0 Å². The zero-order chi connectivity index (χ0) is 22.6. The van der Waals surface area contributed by atoms with Crippen LogP contribution in [0.25, 0.3) is 0 Å². The van der Waals surface area contributed by atoms with Gasteiger partial charge in [0.1, 0.15) is 11.9 Å². The third-order valence-corrected chi connectivity index (χ3v) is 6.80. The molecule has 6 nitrogen and oxygen atoms in total. The van der Waals surface area contributed by atoms with Gasteiger partial charge in [-0.05, 0) is 71.1 Å². The quantitative estimate of drug-likeness (QED) is 0.674. The summed E-state index contributed by atoms with van der Waals surface area (Å²) >= 11 is 0. The molecular formula is C26H37N5O. The molecule has 1 aromatic heterocycles. The van der Waals surface area contributed by atoms with Gasteiger partial charge in [-0.1, -0.05) is 49.9 Å². The van der Waals surface area contributed by atoms with Crippen molar-refractivity contribution in [3.63, 3.8) is 0 Å². The van der Waals surface area contributed by atoms with Crippen LogP contribution < -0.4 is 10.5 Å². The first-order chi connectivity index (χ1) is 15.4. The van der Waals surface area contributed by atoms with Gasteiger partial charge >= 0.3 is 0 Å². The van der Waals surface area contributed by atoms with Crippen LogP contribution in [0.4, 0.5) is 11.5 Å². The minimum atomic E-state index is -0.569.